The molecule has 0 spiro atoms. The van der Waals surface area contributed by atoms with E-state index in [0.29, 0.717) is 5.71 Å². The summed E-state index contributed by atoms with van der Waals surface area (Å²) in [6.45, 7) is 10.3. The van der Waals surface area contributed by atoms with Crippen LogP contribution < -0.4 is 0 Å². The van der Waals surface area contributed by atoms with Gasteiger partial charge in [-0.3, -0.25) is 0 Å². The maximum Gasteiger partial charge on any atom is 0.0358 e. The summed E-state index contributed by atoms with van der Waals surface area (Å²) in [5.74, 6) is 0. The van der Waals surface area contributed by atoms with Crippen molar-refractivity contribution in [2.75, 3.05) is 0 Å². The molecule has 1 rings (SSSR count). The Bertz CT molecular complexity index is 362. The minimum atomic E-state index is 0.656. The van der Waals surface area contributed by atoms with Crippen LogP contribution in [0, 0.1) is 33.1 Å². The SMILES string of the molecule is CC(=N)c1cc(C)c(C)c(C)c1C. The molecule has 13 heavy (non-hydrogen) atoms. The first kappa shape index (κ1) is 9.97. The third-order valence-corrected chi connectivity index (χ3v) is 2.89. The largest absolute Gasteiger partial charge is 0.305 e. The zero-order valence-electron chi connectivity index (χ0n) is 9.08. The van der Waals surface area contributed by atoms with Crippen LogP contribution in [0.5, 0.6) is 0 Å². The Hall–Kier alpha value is -1.11. The van der Waals surface area contributed by atoms with Crippen LogP contribution in [-0.4, -0.2) is 5.71 Å². The fraction of sp³-hybridized carbons (Fsp3) is 0.417. The van der Waals surface area contributed by atoms with Crippen molar-refractivity contribution in [2.45, 2.75) is 34.6 Å². The highest BCUT2D eigenvalue weighted by molar-refractivity contribution is 5.98. The molecule has 0 radical (unpaired) electrons. The zero-order valence-corrected chi connectivity index (χ0v) is 9.08. The van der Waals surface area contributed by atoms with Gasteiger partial charge in [-0.05, 0) is 68.5 Å². The lowest BCUT2D eigenvalue weighted by Gasteiger charge is -2.13. The van der Waals surface area contributed by atoms with Crippen molar-refractivity contribution in [3.8, 4) is 0 Å². The van der Waals surface area contributed by atoms with Crippen molar-refractivity contribution in [3.63, 3.8) is 0 Å². The molecular weight excluding hydrogens is 158 g/mol. The second kappa shape index (κ2) is 3.33. The molecule has 0 aromatic heterocycles. The van der Waals surface area contributed by atoms with E-state index in [1.807, 2.05) is 6.92 Å². The van der Waals surface area contributed by atoms with Gasteiger partial charge in [-0.2, -0.15) is 0 Å². The summed E-state index contributed by atoms with van der Waals surface area (Å²) in [6.07, 6.45) is 0. The topological polar surface area (TPSA) is 23.9 Å². The Labute approximate surface area is 80.3 Å². The molecule has 0 saturated heterocycles. The van der Waals surface area contributed by atoms with Crippen molar-refractivity contribution in [2.24, 2.45) is 0 Å². The quantitative estimate of drug-likeness (QED) is 0.633. The molecule has 0 unspecified atom stereocenters. The van der Waals surface area contributed by atoms with E-state index in [2.05, 4.69) is 33.8 Å². The molecule has 1 aromatic carbocycles. The lowest BCUT2D eigenvalue weighted by molar-refractivity contribution is 1.20. The van der Waals surface area contributed by atoms with Gasteiger partial charge in [0.1, 0.15) is 0 Å². The second-order valence-electron chi connectivity index (χ2n) is 3.74. The number of rotatable bonds is 1. The van der Waals surface area contributed by atoms with Gasteiger partial charge >= 0.3 is 0 Å². The van der Waals surface area contributed by atoms with E-state index in [-0.39, 0.29) is 0 Å². The number of benzene rings is 1. The van der Waals surface area contributed by atoms with Crippen LogP contribution in [0.15, 0.2) is 6.07 Å². The molecule has 1 aromatic rings. The number of hydrogen-bond acceptors (Lipinski definition) is 1. The van der Waals surface area contributed by atoms with Crippen LogP contribution in [0.2, 0.25) is 0 Å². The molecule has 70 valence electrons. The molecule has 0 aliphatic heterocycles. The van der Waals surface area contributed by atoms with E-state index < -0.39 is 0 Å². The highest BCUT2D eigenvalue weighted by Gasteiger charge is 2.07. The van der Waals surface area contributed by atoms with Crippen LogP contribution in [0.1, 0.15) is 34.7 Å². The lowest BCUT2D eigenvalue weighted by Crippen LogP contribution is -2.01. The van der Waals surface area contributed by atoms with Crippen LogP contribution in [-0.2, 0) is 0 Å². The van der Waals surface area contributed by atoms with E-state index in [1.165, 1.54) is 22.3 Å². The van der Waals surface area contributed by atoms with E-state index in [4.69, 9.17) is 5.41 Å². The minimum Gasteiger partial charge on any atom is -0.305 e. The van der Waals surface area contributed by atoms with Gasteiger partial charge in [0, 0.05) is 5.71 Å². The van der Waals surface area contributed by atoms with Crippen molar-refractivity contribution in [1.29, 1.82) is 5.41 Å². The molecule has 0 bridgehead atoms. The van der Waals surface area contributed by atoms with Gasteiger partial charge in [-0.15, -0.1) is 0 Å². The molecule has 0 aliphatic rings. The van der Waals surface area contributed by atoms with Crippen LogP contribution >= 0.6 is 0 Å². The van der Waals surface area contributed by atoms with Crippen molar-refractivity contribution >= 4 is 5.71 Å². The maximum absolute atomic E-state index is 7.64. The summed E-state index contributed by atoms with van der Waals surface area (Å²) in [5, 5.41) is 7.64. The van der Waals surface area contributed by atoms with Gasteiger partial charge in [0.2, 0.25) is 0 Å². The fourth-order valence-corrected chi connectivity index (χ4v) is 1.60. The molecule has 0 atom stereocenters. The van der Waals surface area contributed by atoms with Crippen LogP contribution in [0.3, 0.4) is 0 Å². The third-order valence-electron chi connectivity index (χ3n) is 2.89. The molecule has 1 N–H and O–H groups in total. The first-order valence-corrected chi connectivity index (χ1v) is 4.58. The average molecular weight is 175 g/mol. The smallest absolute Gasteiger partial charge is 0.0358 e. The predicted octanol–water partition coefficient (Wildman–Crippen LogP) is 3.31. The van der Waals surface area contributed by atoms with Crippen LogP contribution in [0.25, 0.3) is 0 Å². The minimum absolute atomic E-state index is 0.656. The molecule has 0 amide bonds. The summed E-state index contributed by atoms with van der Waals surface area (Å²) in [5.41, 5.74) is 6.94. The summed E-state index contributed by atoms with van der Waals surface area (Å²) in [4.78, 5) is 0. The van der Waals surface area contributed by atoms with Gasteiger partial charge in [0.25, 0.3) is 0 Å². The van der Waals surface area contributed by atoms with Gasteiger partial charge < -0.3 is 5.41 Å². The summed E-state index contributed by atoms with van der Waals surface area (Å²) in [7, 11) is 0. The standard InChI is InChI=1S/C12H17N/c1-7-6-12(11(5)13)10(4)9(3)8(7)2/h6,13H,1-5H3. The molecule has 0 heterocycles. The molecule has 0 aliphatic carbocycles. The van der Waals surface area contributed by atoms with Crippen molar-refractivity contribution in [3.05, 3.63) is 33.9 Å². The Morgan fingerprint density at radius 1 is 1.00 bits per heavy atom. The molecule has 0 fully saturated rings. The Kier molecular flexibility index (Phi) is 2.55. The van der Waals surface area contributed by atoms with Crippen molar-refractivity contribution < 1.29 is 0 Å². The molecule has 0 saturated carbocycles. The third kappa shape index (κ3) is 1.64. The number of aryl methyl sites for hydroxylation is 1. The monoisotopic (exact) mass is 175 g/mol. The Balaban J connectivity index is 3.50. The van der Waals surface area contributed by atoms with E-state index in [1.54, 1.807) is 0 Å². The lowest BCUT2D eigenvalue weighted by atomic mass is 9.93. The van der Waals surface area contributed by atoms with Gasteiger partial charge in [0.15, 0.2) is 0 Å². The Morgan fingerprint density at radius 2 is 1.54 bits per heavy atom. The molecular formula is C12H17N. The molecule has 1 nitrogen and oxygen atoms in total. The Morgan fingerprint density at radius 3 is 2.00 bits per heavy atom. The first-order valence-electron chi connectivity index (χ1n) is 4.58. The van der Waals surface area contributed by atoms with E-state index in [9.17, 15) is 0 Å². The number of nitrogens with one attached hydrogen (secondary N) is 1. The summed E-state index contributed by atoms with van der Waals surface area (Å²) < 4.78 is 0. The average Bonchev–Trinajstić information content (AvgIpc) is 2.07. The summed E-state index contributed by atoms with van der Waals surface area (Å²) >= 11 is 0. The van der Waals surface area contributed by atoms with Gasteiger partial charge in [0.05, 0.1) is 0 Å². The first-order chi connectivity index (χ1) is 5.95. The van der Waals surface area contributed by atoms with Gasteiger partial charge in [-0.25, -0.2) is 0 Å². The fourth-order valence-electron chi connectivity index (χ4n) is 1.60. The predicted molar refractivity (Wildman–Crippen MR) is 57.9 cm³/mol. The van der Waals surface area contributed by atoms with Crippen molar-refractivity contribution in [1.82, 2.24) is 0 Å². The number of hydrogen-bond donors (Lipinski definition) is 1. The normalized spacial score (nSPS) is 10.2. The van der Waals surface area contributed by atoms with E-state index in [0.717, 1.165) is 5.56 Å². The highest BCUT2D eigenvalue weighted by atomic mass is 14.4. The van der Waals surface area contributed by atoms with Gasteiger partial charge in [-0.1, -0.05) is 0 Å². The molecule has 1 heteroatoms. The zero-order chi connectivity index (χ0) is 10.2. The second-order valence-corrected chi connectivity index (χ2v) is 3.74. The van der Waals surface area contributed by atoms with Crippen LogP contribution in [0.4, 0.5) is 0 Å². The summed E-state index contributed by atoms with van der Waals surface area (Å²) in [6, 6.07) is 2.11. The highest BCUT2D eigenvalue weighted by Crippen LogP contribution is 2.21. The van der Waals surface area contributed by atoms with E-state index >= 15 is 0 Å². The maximum atomic E-state index is 7.64.